The van der Waals surface area contributed by atoms with Gasteiger partial charge in [0.2, 0.25) is 22.1 Å². The first-order chi connectivity index (χ1) is 44.7. The van der Waals surface area contributed by atoms with Crippen molar-refractivity contribution in [3.63, 3.8) is 0 Å². The molecule has 3 aromatic carbocycles. The van der Waals surface area contributed by atoms with Crippen LogP contribution in [0.3, 0.4) is 0 Å². The van der Waals surface area contributed by atoms with Gasteiger partial charge in [0.1, 0.15) is 33.6 Å². The van der Waals surface area contributed by atoms with Crippen LogP contribution < -0.4 is 45.2 Å². The highest BCUT2D eigenvalue weighted by Crippen LogP contribution is 2.43. The summed E-state index contributed by atoms with van der Waals surface area (Å²) >= 11 is 0. The lowest BCUT2D eigenvalue weighted by Crippen LogP contribution is -2.36. The molecule has 3 aromatic heterocycles. The van der Waals surface area contributed by atoms with Crippen LogP contribution in [0, 0.1) is 35.5 Å². The largest absolute Gasteiger partial charge is 0.495 e. The Kier molecular flexibility index (Phi) is 27.6. The van der Waals surface area contributed by atoms with Crippen molar-refractivity contribution in [2.24, 2.45) is 0 Å². The topological polar surface area (TPSA) is 165 Å². The van der Waals surface area contributed by atoms with Crippen LogP contribution in [0.1, 0.15) is 113 Å². The molecule has 0 N–H and O–H groups in total. The molecule has 1 fully saturated rings. The Hall–Kier alpha value is -6.96. The van der Waals surface area contributed by atoms with Gasteiger partial charge in [-0.25, -0.2) is 15.0 Å². The van der Waals surface area contributed by atoms with Crippen LogP contribution in [-0.4, -0.2) is 169 Å². The zero-order chi connectivity index (χ0) is 67.3. The molecular formula is C72H96N9O9P3. The standard InChI is InChI=1S/C72H96N9O9P3/c1-16-79(17-2)64-46-55(31-34-67(64)85-10)25-28-58-43-61(73-70(49-58)91(13,82)88-22-7)52-76-37-39-77(53-62-44-59(50-71(74-62)92(14,83)89-23-8)29-26-56-32-35-68(86-11)65(47-56)80(18-3)19-4)41-42-78(40-38-76)54-63-45-60(51-72(75-63)93(15,84)90-24-9)30-27-57-33-36-69(87-12)66(48-57)81(20-5)21-6/h31-36,43-51H,16-24,37-42,52-54H2,1-15H3. The molecule has 6 aromatic rings. The fourth-order valence-corrected chi connectivity index (χ4v) is 15.2. The fraction of sp³-hybridized carbons (Fsp3) is 0.458. The smallest absolute Gasteiger partial charge is 0.247 e. The monoisotopic (exact) mass is 1320 g/mol. The zero-order valence-corrected chi connectivity index (χ0v) is 60.1. The van der Waals surface area contributed by atoms with Gasteiger partial charge in [-0.1, -0.05) is 35.5 Å². The maximum atomic E-state index is 14.3. The number of aromatic nitrogens is 3. The highest BCUT2D eigenvalue weighted by Gasteiger charge is 2.27. The van der Waals surface area contributed by atoms with Crippen LogP contribution in [-0.2, 0) is 46.9 Å². The summed E-state index contributed by atoms with van der Waals surface area (Å²) in [6.07, 6.45) is 0. The van der Waals surface area contributed by atoms with E-state index in [1.54, 1.807) is 59.5 Å². The van der Waals surface area contributed by atoms with Crippen LogP contribution in [0.25, 0.3) is 0 Å². The van der Waals surface area contributed by atoms with Gasteiger partial charge < -0.3 is 42.5 Å². The first kappa shape index (κ1) is 73.5. The third kappa shape index (κ3) is 20.3. The lowest BCUT2D eigenvalue weighted by atomic mass is 10.1. The van der Waals surface area contributed by atoms with E-state index in [2.05, 4.69) is 106 Å². The van der Waals surface area contributed by atoms with Crippen molar-refractivity contribution in [2.45, 2.75) is 81.9 Å². The number of nitrogens with zero attached hydrogens (tertiary/aromatic N) is 9. The second-order valence-electron chi connectivity index (χ2n) is 22.7. The molecule has 3 unspecified atom stereocenters. The lowest BCUT2D eigenvalue weighted by molar-refractivity contribution is 0.207. The maximum absolute atomic E-state index is 14.3. The number of pyridine rings is 3. The minimum atomic E-state index is -3.37. The second-order valence-corrected chi connectivity index (χ2v) is 29.9. The average molecular weight is 1320 g/mol. The first-order valence-corrected chi connectivity index (χ1v) is 38.6. The molecular weight excluding hydrogens is 1230 g/mol. The van der Waals surface area contributed by atoms with Gasteiger partial charge in [0.05, 0.1) is 75.3 Å². The summed E-state index contributed by atoms with van der Waals surface area (Å²) in [6, 6.07) is 29.1. The van der Waals surface area contributed by atoms with E-state index in [1.807, 2.05) is 93.6 Å². The summed E-state index contributed by atoms with van der Waals surface area (Å²) in [5.74, 6) is 22.6. The Morgan fingerprint density at radius 3 is 0.817 bits per heavy atom. The number of ether oxygens (including phenoxy) is 3. The quantitative estimate of drug-likeness (QED) is 0.0353. The predicted molar refractivity (Wildman–Crippen MR) is 381 cm³/mol. The van der Waals surface area contributed by atoms with E-state index < -0.39 is 22.1 Å². The third-order valence-electron chi connectivity index (χ3n) is 16.2. The molecule has 1 aliphatic rings. The van der Waals surface area contributed by atoms with Gasteiger partial charge in [-0.05, 0) is 153 Å². The van der Waals surface area contributed by atoms with Crippen molar-refractivity contribution in [1.29, 1.82) is 0 Å². The molecule has 0 radical (unpaired) electrons. The van der Waals surface area contributed by atoms with Gasteiger partial charge in [-0.15, -0.1) is 0 Å². The van der Waals surface area contributed by atoms with Crippen molar-refractivity contribution >= 4 is 55.5 Å². The number of benzene rings is 3. The second kappa shape index (κ2) is 35.0. The highest BCUT2D eigenvalue weighted by atomic mass is 31.2. The SMILES string of the molecule is CCOP(C)(=O)c1cc(C#Cc2ccc(OC)c(N(CC)CC)c2)cc(CN2CCN(Cc3cc(C#Cc4ccc(OC)c(N(CC)CC)c4)cc(P(C)(=O)OCC)n3)CCN(Cc3cc(C#Cc4ccc(OC)c(N(CC)CC)c4)cc(P(C)(=O)OCC)n3)CC2)n1. The Bertz CT molecular complexity index is 3450. The van der Waals surface area contributed by atoms with Gasteiger partial charge in [0.25, 0.3) is 0 Å². The summed E-state index contributed by atoms with van der Waals surface area (Å²) in [6.45, 7) is 33.4. The minimum absolute atomic E-state index is 0.250. The van der Waals surface area contributed by atoms with Crippen molar-refractivity contribution in [1.82, 2.24) is 29.7 Å². The van der Waals surface area contributed by atoms with Crippen LogP contribution in [0.15, 0.2) is 91.0 Å². The van der Waals surface area contributed by atoms with Gasteiger partial charge in [-0.2, -0.15) is 0 Å². The Morgan fingerprint density at radius 2 is 0.602 bits per heavy atom. The molecule has 7 rings (SSSR count). The summed E-state index contributed by atoms with van der Waals surface area (Å²) < 4.78 is 78.0. The minimum Gasteiger partial charge on any atom is -0.495 e. The Balaban J connectivity index is 1.31. The number of hydrogen-bond acceptors (Lipinski definition) is 18. The maximum Gasteiger partial charge on any atom is 0.247 e. The van der Waals surface area contributed by atoms with E-state index in [0.29, 0.717) is 109 Å². The van der Waals surface area contributed by atoms with Crippen LogP contribution in [0.5, 0.6) is 17.2 Å². The molecule has 0 bridgehead atoms. The molecule has 0 saturated carbocycles. The van der Waals surface area contributed by atoms with E-state index in [0.717, 1.165) is 90.3 Å². The van der Waals surface area contributed by atoms with Gasteiger partial charge in [0, 0.05) is 152 Å². The van der Waals surface area contributed by atoms with Crippen molar-refractivity contribution < 1.29 is 41.5 Å². The van der Waals surface area contributed by atoms with Crippen molar-refractivity contribution in [3.8, 4) is 52.8 Å². The van der Waals surface area contributed by atoms with Crippen LogP contribution in [0.2, 0.25) is 0 Å². The zero-order valence-electron chi connectivity index (χ0n) is 57.4. The molecule has 0 spiro atoms. The van der Waals surface area contributed by atoms with E-state index in [-0.39, 0.29) is 19.8 Å². The summed E-state index contributed by atoms with van der Waals surface area (Å²) in [5, 5.41) is 0. The van der Waals surface area contributed by atoms with E-state index in [1.165, 1.54) is 0 Å². The molecule has 21 heteroatoms. The van der Waals surface area contributed by atoms with Gasteiger partial charge >= 0.3 is 0 Å². The van der Waals surface area contributed by atoms with E-state index in [4.69, 9.17) is 42.7 Å². The van der Waals surface area contributed by atoms with Gasteiger partial charge in [-0.3, -0.25) is 28.4 Å². The van der Waals surface area contributed by atoms with Crippen molar-refractivity contribution in [3.05, 3.63) is 141 Å². The van der Waals surface area contributed by atoms with Crippen LogP contribution >= 0.6 is 22.1 Å². The number of anilines is 3. The summed E-state index contributed by atoms with van der Waals surface area (Å²) in [7, 11) is -5.09. The summed E-state index contributed by atoms with van der Waals surface area (Å²) in [5.41, 5.74) is 10.4. The number of rotatable bonds is 27. The molecule has 93 heavy (non-hydrogen) atoms. The first-order valence-electron chi connectivity index (χ1n) is 32.4. The summed E-state index contributed by atoms with van der Waals surface area (Å²) in [4.78, 5) is 29.0. The molecule has 498 valence electrons. The fourth-order valence-electron chi connectivity index (χ4n) is 11.3. The number of hydrogen-bond donors (Lipinski definition) is 0. The molecule has 1 aliphatic heterocycles. The van der Waals surface area contributed by atoms with Crippen molar-refractivity contribution in [2.75, 3.05) is 154 Å². The average Bonchev–Trinajstić information content (AvgIpc) is 1.20. The van der Waals surface area contributed by atoms with E-state index >= 15 is 0 Å². The predicted octanol–water partition coefficient (Wildman–Crippen LogP) is 11.2. The van der Waals surface area contributed by atoms with Gasteiger partial charge in [0.15, 0.2) is 0 Å². The Labute approximate surface area is 554 Å². The molecule has 0 aliphatic carbocycles. The lowest BCUT2D eigenvalue weighted by Gasteiger charge is -2.26. The molecule has 18 nitrogen and oxygen atoms in total. The molecule has 4 heterocycles. The Morgan fingerprint density at radius 1 is 0.366 bits per heavy atom. The normalized spacial score (nSPS) is 15.0. The number of methoxy groups -OCH3 is 3. The molecule has 3 atom stereocenters. The highest BCUT2D eigenvalue weighted by molar-refractivity contribution is 7.66. The van der Waals surface area contributed by atoms with E-state index in [9.17, 15) is 13.7 Å². The molecule has 1 saturated heterocycles. The third-order valence-corrected chi connectivity index (χ3v) is 21.7. The van der Waals surface area contributed by atoms with Crippen LogP contribution in [0.4, 0.5) is 17.1 Å². The molecule has 0 amide bonds.